The topological polar surface area (TPSA) is 29.5 Å². The maximum atomic E-state index is 12.6. The molecule has 0 unspecified atom stereocenters. The van der Waals surface area contributed by atoms with E-state index in [2.05, 4.69) is 45.0 Å². The summed E-state index contributed by atoms with van der Waals surface area (Å²) in [6, 6.07) is 16.1. The summed E-state index contributed by atoms with van der Waals surface area (Å²) in [6.45, 7) is 8.70. The number of nitrogens with zero attached hydrogens (tertiary/aromatic N) is 1. The molecular formula is C21H27NO2. The van der Waals surface area contributed by atoms with Crippen LogP contribution in [0.4, 0.5) is 0 Å². The van der Waals surface area contributed by atoms with Gasteiger partial charge in [-0.25, -0.2) is 0 Å². The summed E-state index contributed by atoms with van der Waals surface area (Å²) in [6.07, 6.45) is -0.514. The number of rotatable bonds is 6. The maximum absolute atomic E-state index is 12.6. The second kappa shape index (κ2) is 8.00. The molecule has 0 saturated heterocycles. The van der Waals surface area contributed by atoms with Gasteiger partial charge in [-0.1, -0.05) is 61.9 Å². The predicted molar refractivity (Wildman–Crippen MR) is 98.3 cm³/mol. The van der Waals surface area contributed by atoms with Crippen molar-refractivity contribution in [1.82, 2.24) is 4.90 Å². The highest BCUT2D eigenvalue weighted by molar-refractivity contribution is 5.80. The van der Waals surface area contributed by atoms with Crippen molar-refractivity contribution in [1.29, 1.82) is 0 Å². The number of amides is 1. The van der Waals surface area contributed by atoms with Gasteiger partial charge in [0.15, 0.2) is 6.10 Å². The predicted octanol–water partition coefficient (Wildman–Crippen LogP) is 4.54. The summed E-state index contributed by atoms with van der Waals surface area (Å²) >= 11 is 0. The lowest BCUT2D eigenvalue weighted by Gasteiger charge is -2.23. The van der Waals surface area contributed by atoms with Gasteiger partial charge >= 0.3 is 0 Å². The minimum absolute atomic E-state index is 0.0193. The van der Waals surface area contributed by atoms with E-state index in [0.29, 0.717) is 12.5 Å². The Labute approximate surface area is 145 Å². The van der Waals surface area contributed by atoms with Crippen molar-refractivity contribution in [3.63, 3.8) is 0 Å². The average molecular weight is 325 g/mol. The van der Waals surface area contributed by atoms with Crippen LogP contribution >= 0.6 is 0 Å². The summed E-state index contributed by atoms with van der Waals surface area (Å²) in [5.74, 6) is 1.13. The number of benzene rings is 2. The van der Waals surface area contributed by atoms with Gasteiger partial charge in [0.2, 0.25) is 0 Å². The Morgan fingerprint density at radius 2 is 1.67 bits per heavy atom. The third-order valence-corrected chi connectivity index (χ3v) is 4.11. The van der Waals surface area contributed by atoms with E-state index in [1.165, 1.54) is 5.56 Å². The average Bonchev–Trinajstić information content (AvgIpc) is 2.56. The quantitative estimate of drug-likeness (QED) is 0.780. The van der Waals surface area contributed by atoms with E-state index in [4.69, 9.17) is 4.74 Å². The number of carbonyl (C=O) groups is 1. The lowest BCUT2D eigenvalue weighted by Crippen LogP contribution is -2.37. The fraction of sp³-hybridized carbons (Fsp3) is 0.381. The van der Waals surface area contributed by atoms with Gasteiger partial charge in [0, 0.05) is 13.6 Å². The zero-order valence-electron chi connectivity index (χ0n) is 15.2. The van der Waals surface area contributed by atoms with E-state index >= 15 is 0 Å². The van der Waals surface area contributed by atoms with E-state index in [1.807, 2.05) is 38.2 Å². The molecule has 0 N–H and O–H groups in total. The molecule has 0 aliphatic rings. The third-order valence-electron chi connectivity index (χ3n) is 4.11. The molecule has 0 aromatic heterocycles. The van der Waals surface area contributed by atoms with Crippen LogP contribution in [0, 0.1) is 6.92 Å². The maximum Gasteiger partial charge on any atom is 0.263 e. The van der Waals surface area contributed by atoms with E-state index < -0.39 is 6.10 Å². The Kier molecular flexibility index (Phi) is 6.02. The van der Waals surface area contributed by atoms with Crippen LogP contribution in [0.25, 0.3) is 0 Å². The van der Waals surface area contributed by atoms with Gasteiger partial charge in [-0.05, 0) is 37.0 Å². The molecule has 24 heavy (non-hydrogen) atoms. The van der Waals surface area contributed by atoms with Gasteiger partial charge in [0.05, 0.1) is 0 Å². The summed E-state index contributed by atoms with van der Waals surface area (Å²) in [5, 5.41) is 0. The lowest BCUT2D eigenvalue weighted by atomic mass is 10.0. The summed E-state index contributed by atoms with van der Waals surface area (Å²) in [7, 11) is 1.82. The summed E-state index contributed by atoms with van der Waals surface area (Å²) in [5.41, 5.74) is 3.46. The molecule has 3 nitrogen and oxygen atoms in total. The zero-order valence-corrected chi connectivity index (χ0v) is 15.2. The molecule has 2 aromatic rings. The normalized spacial score (nSPS) is 12.1. The summed E-state index contributed by atoms with van der Waals surface area (Å²) in [4.78, 5) is 14.3. The van der Waals surface area contributed by atoms with Gasteiger partial charge in [-0.15, -0.1) is 0 Å². The zero-order chi connectivity index (χ0) is 17.7. The van der Waals surface area contributed by atoms with Crippen molar-refractivity contribution in [2.24, 2.45) is 0 Å². The highest BCUT2D eigenvalue weighted by Crippen LogP contribution is 2.27. The van der Waals surface area contributed by atoms with Crippen LogP contribution in [0.2, 0.25) is 0 Å². The van der Waals surface area contributed by atoms with Crippen molar-refractivity contribution in [3.05, 3.63) is 65.2 Å². The Bertz CT molecular complexity index is 676. The van der Waals surface area contributed by atoms with E-state index in [-0.39, 0.29) is 5.91 Å². The largest absolute Gasteiger partial charge is 0.481 e. The van der Waals surface area contributed by atoms with Crippen LogP contribution < -0.4 is 4.74 Å². The van der Waals surface area contributed by atoms with Gasteiger partial charge in [-0.2, -0.15) is 0 Å². The highest BCUT2D eigenvalue weighted by Gasteiger charge is 2.20. The third kappa shape index (κ3) is 4.60. The Balaban J connectivity index is 2.02. The molecule has 0 spiro atoms. The number of likely N-dealkylation sites (N-methyl/N-ethyl adjacent to an activating group) is 1. The van der Waals surface area contributed by atoms with Gasteiger partial charge in [-0.3, -0.25) is 4.79 Å². The van der Waals surface area contributed by atoms with Crippen LogP contribution in [0.5, 0.6) is 5.75 Å². The molecule has 0 saturated carbocycles. The van der Waals surface area contributed by atoms with E-state index in [9.17, 15) is 4.79 Å². The van der Waals surface area contributed by atoms with Gasteiger partial charge in [0.1, 0.15) is 5.75 Å². The molecule has 0 aliphatic carbocycles. The minimum atomic E-state index is -0.514. The first-order valence-electron chi connectivity index (χ1n) is 8.44. The molecule has 1 atom stereocenters. The van der Waals surface area contributed by atoms with Crippen molar-refractivity contribution in [2.75, 3.05) is 7.05 Å². The molecule has 1 amide bonds. The van der Waals surface area contributed by atoms with Gasteiger partial charge in [0.25, 0.3) is 5.91 Å². The van der Waals surface area contributed by atoms with Crippen LogP contribution in [0.3, 0.4) is 0 Å². The highest BCUT2D eigenvalue weighted by atomic mass is 16.5. The molecule has 0 radical (unpaired) electrons. The fourth-order valence-electron chi connectivity index (χ4n) is 2.66. The first kappa shape index (κ1) is 18.1. The number of hydrogen-bond donors (Lipinski definition) is 0. The molecule has 128 valence electrons. The van der Waals surface area contributed by atoms with Crippen molar-refractivity contribution < 1.29 is 9.53 Å². The number of hydrogen-bond acceptors (Lipinski definition) is 2. The number of ether oxygens (including phenoxy) is 1. The van der Waals surface area contributed by atoms with Gasteiger partial charge < -0.3 is 9.64 Å². The van der Waals surface area contributed by atoms with Crippen LogP contribution in [0.15, 0.2) is 48.5 Å². The number of aryl methyl sites for hydroxylation is 1. The van der Waals surface area contributed by atoms with Crippen molar-refractivity contribution in [2.45, 2.75) is 46.3 Å². The first-order chi connectivity index (χ1) is 11.4. The van der Waals surface area contributed by atoms with Crippen molar-refractivity contribution in [3.8, 4) is 5.75 Å². The van der Waals surface area contributed by atoms with Crippen molar-refractivity contribution >= 4 is 5.91 Å². The molecule has 0 bridgehead atoms. The molecule has 2 aromatic carbocycles. The minimum Gasteiger partial charge on any atom is -0.481 e. The lowest BCUT2D eigenvalue weighted by molar-refractivity contribution is -0.137. The molecule has 3 heteroatoms. The smallest absolute Gasteiger partial charge is 0.263 e. The van der Waals surface area contributed by atoms with E-state index in [1.54, 1.807) is 4.90 Å². The second-order valence-corrected chi connectivity index (χ2v) is 6.63. The first-order valence-corrected chi connectivity index (χ1v) is 8.44. The monoisotopic (exact) mass is 325 g/mol. The molecule has 0 fully saturated rings. The van der Waals surface area contributed by atoms with E-state index in [0.717, 1.165) is 16.9 Å². The van der Waals surface area contributed by atoms with Crippen LogP contribution in [-0.2, 0) is 11.3 Å². The Morgan fingerprint density at radius 3 is 2.29 bits per heavy atom. The standard InChI is InChI=1S/C21H27NO2/c1-15(2)19-8-6-7-9-20(19)24-17(4)21(23)22(5)14-18-12-10-16(3)11-13-18/h6-13,15,17H,14H2,1-5H3/t17-/m0/s1. The number of para-hydroxylation sites is 1. The molecule has 0 heterocycles. The molecule has 2 rings (SSSR count). The van der Waals surface area contributed by atoms with Crippen LogP contribution in [0.1, 0.15) is 43.4 Å². The number of carbonyl (C=O) groups excluding carboxylic acids is 1. The van der Waals surface area contributed by atoms with Crippen LogP contribution in [-0.4, -0.2) is 24.0 Å². The Hall–Kier alpha value is -2.29. The Morgan fingerprint density at radius 1 is 1.04 bits per heavy atom. The molecular weight excluding hydrogens is 298 g/mol. The fourth-order valence-corrected chi connectivity index (χ4v) is 2.66. The second-order valence-electron chi connectivity index (χ2n) is 6.63. The molecule has 0 aliphatic heterocycles. The summed E-state index contributed by atoms with van der Waals surface area (Å²) < 4.78 is 5.96. The SMILES string of the molecule is Cc1ccc(CN(C)C(=O)[C@H](C)Oc2ccccc2C(C)C)cc1.